The predicted molar refractivity (Wildman–Crippen MR) is 88.8 cm³/mol. The molecule has 0 radical (unpaired) electrons. The minimum Gasteiger partial charge on any atom is -0.482 e. The van der Waals surface area contributed by atoms with Crippen molar-refractivity contribution in [2.75, 3.05) is 39.3 Å². The van der Waals surface area contributed by atoms with Crippen molar-refractivity contribution >= 4 is 23.5 Å². The second-order valence-electron chi connectivity index (χ2n) is 5.32. The Balaban J connectivity index is 1.75. The standard InChI is InChI=1S/C16H22ClN3O3/c1-2-7-18-16(22)20-10-8-19(9-11-20)15(21)12-23-14-6-4-3-5-13(14)17/h3-6H,2,7-12H2,1H3,(H,18,22). The van der Waals surface area contributed by atoms with E-state index in [-0.39, 0.29) is 18.5 Å². The van der Waals surface area contributed by atoms with E-state index < -0.39 is 0 Å². The Hall–Kier alpha value is -1.95. The van der Waals surface area contributed by atoms with Gasteiger partial charge in [0.25, 0.3) is 5.91 Å². The number of amides is 3. The first-order chi connectivity index (χ1) is 11.1. The lowest BCUT2D eigenvalue weighted by atomic mass is 10.3. The summed E-state index contributed by atoms with van der Waals surface area (Å²) in [6.45, 7) is 4.74. The van der Waals surface area contributed by atoms with Gasteiger partial charge < -0.3 is 19.9 Å². The van der Waals surface area contributed by atoms with Crippen molar-refractivity contribution in [3.8, 4) is 5.75 Å². The summed E-state index contributed by atoms with van der Waals surface area (Å²) < 4.78 is 5.46. The van der Waals surface area contributed by atoms with E-state index in [9.17, 15) is 9.59 Å². The second kappa shape index (κ2) is 8.62. The summed E-state index contributed by atoms with van der Waals surface area (Å²) >= 11 is 5.99. The van der Waals surface area contributed by atoms with Gasteiger partial charge in [-0.15, -0.1) is 0 Å². The van der Waals surface area contributed by atoms with Gasteiger partial charge in [-0.3, -0.25) is 4.79 Å². The zero-order valence-corrected chi connectivity index (χ0v) is 14.0. The third-order valence-corrected chi connectivity index (χ3v) is 3.95. The molecule has 7 heteroatoms. The van der Waals surface area contributed by atoms with Crippen LogP contribution >= 0.6 is 11.6 Å². The van der Waals surface area contributed by atoms with Gasteiger partial charge in [0.15, 0.2) is 6.61 Å². The fourth-order valence-corrected chi connectivity index (χ4v) is 2.49. The van der Waals surface area contributed by atoms with Crippen molar-refractivity contribution in [2.45, 2.75) is 13.3 Å². The van der Waals surface area contributed by atoms with Crippen LogP contribution in [-0.4, -0.2) is 61.1 Å². The van der Waals surface area contributed by atoms with E-state index in [0.29, 0.717) is 43.5 Å². The molecule has 0 aliphatic carbocycles. The van der Waals surface area contributed by atoms with E-state index in [1.807, 2.05) is 6.92 Å². The Morgan fingerprint density at radius 3 is 2.48 bits per heavy atom. The molecule has 0 spiro atoms. The van der Waals surface area contributed by atoms with Crippen LogP contribution in [0, 0.1) is 0 Å². The molecule has 1 aliphatic heterocycles. The fraction of sp³-hybridized carbons (Fsp3) is 0.500. The molecule has 1 saturated heterocycles. The van der Waals surface area contributed by atoms with Crippen LogP contribution in [0.4, 0.5) is 4.79 Å². The maximum Gasteiger partial charge on any atom is 0.317 e. The quantitative estimate of drug-likeness (QED) is 0.892. The molecule has 1 fully saturated rings. The number of benzene rings is 1. The minimum atomic E-state index is -0.0986. The van der Waals surface area contributed by atoms with Crippen molar-refractivity contribution in [1.82, 2.24) is 15.1 Å². The summed E-state index contributed by atoms with van der Waals surface area (Å²) in [6.07, 6.45) is 0.906. The summed E-state index contributed by atoms with van der Waals surface area (Å²) in [7, 11) is 0. The summed E-state index contributed by atoms with van der Waals surface area (Å²) in [6, 6.07) is 6.99. The molecule has 1 aromatic carbocycles. The molecule has 0 bridgehead atoms. The second-order valence-corrected chi connectivity index (χ2v) is 5.73. The number of urea groups is 1. The van der Waals surface area contributed by atoms with Crippen LogP contribution in [0.15, 0.2) is 24.3 Å². The minimum absolute atomic E-state index is 0.0498. The zero-order valence-electron chi connectivity index (χ0n) is 13.3. The third kappa shape index (κ3) is 5.03. The number of hydrogen-bond acceptors (Lipinski definition) is 3. The topological polar surface area (TPSA) is 61.9 Å². The van der Waals surface area contributed by atoms with Gasteiger partial charge in [-0.25, -0.2) is 4.79 Å². The van der Waals surface area contributed by atoms with Crippen LogP contribution in [0.5, 0.6) is 5.75 Å². The first-order valence-electron chi connectivity index (χ1n) is 7.79. The van der Waals surface area contributed by atoms with Crippen LogP contribution in [0.1, 0.15) is 13.3 Å². The van der Waals surface area contributed by atoms with Crippen LogP contribution in [0.25, 0.3) is 0 Å². The Morgan fingerprint density at radius 2 is 1.83 bits per heavy atom. The maximum atomic E-state index is 12.2. The molecule has 1 heterocycles. The summed E-state index contributed by atoms with van der Waals surface area (Å²) in [4.78, 5) is 27.5. The smallest absolute Gasteiger partial charge is 0.317 e. The number of para-hydroxylation sites is 1. The number of nitrogens with zero attached hydrogens (tertiary/aromatic N) is 2. The molecule has 2 rings (SSSR count). The summed E-state index contributed by atoms with van der Waals surface area (Å²) in [5.74, 6) is 0.402. The molecular formula is C16H22ClN3O3. The lowest BCUT2D eigenvalue weighted by Gasteiger charge is -2.34. The van der Waals surface area contributed by atoms with Crippen molar-refractivity contribution in [1.29, 1.82) is 0 Å². The highest BCUT2D eigenvalue weighted by atomic mass is 35.5. The van der Waals surface area contributed by atoms with Crippen molar-refractivity contribution < 1.29 is 14.3 Å². The van der Waals surface area contributed by atoms with E-state index >= 15 is 0 Å². The number of nitrogens with one attached hydrogen (secondary N) is 1. The van der Waals surface area contributed by atoms with Crippen LogP contribution in [-0.2, 0) is 4.79 Å². The number of ether oxygens (including phenoxy) is 1. The highest BCUT2D eigenvalue weighted by Gasteiger charge is 2.24. The van der Waals surface area contributed by atoms with Crippen LogP contribution < -0.4 is 10.1 Å². The molecular weight excluding hydrogens is 318 g/mol. The maximum absolute atomic E-state index is 12.2. The van der Waals surface area contributed by atoms with Gasteiger partial charge in [0.1, 0.15) is 5.75 Å². The highest BCUT2D eigenvalue weighted by Crippen LogP contribution is 2.23. The van der Waals surface area contributed by atoms with Crippen molar-refractivity contribution in [3.05, 3.63) is 29.3 Å². The highest BCUT2D eigenvalue weighted by molar-refractivity contribution is 6.32. The molecule has 23 heavy (non-hydrogen) atoms. The number of hydrogen-bond donors (Lipinski definition) is 1. The summed E-state index contributed by atoms with van der Waals surface area (Å²) in [5, 5.41) is 3.33. The molecule has 0 aromatic heterocycles. The molecule has 0 atom stereocenters. The van der Waals surface area contributed by atoms with Gasteiger partial charge in [-0.05, 0) is 18.6 Å². The number of piperazine rings is 1. The van der Waals surface area contributed by atoms with Gasteiger partial charge in [0.2, 0.25) is 0 Å². The molecule has 1 aromatic rings. The van der Waals surface area contributed by atoms with Gasteiger partial charge >= 0.3 is 6.03 Å². The van der Waals surface area contributed by atoms with Gasteiger partial charge in [-0.2, -0.15) is 0 Å². The van der Waals surface area contributed by atoms with Gasteiger partial charge in [0.05, 0.1) is 5.02 Å². The van der Waals surface area contributed by atoms with E-state index in [0.717, 1.165) is 6.42 Å². The molecule has 6 nitrogen and oxygen atoms in total. The van der Waals surface area contributed by atoms with E-state index in [4.69, 9.17) is 16.3 Å². The number of carbonyl (C=O) groups is 2. The Kier molecular flexibility index (Phi) is 6.52. The number of carbonyl (C=O) groups excluding carboxylic acids is 2. The fourth-order valence-electron chi connectivity index (χ4n) is 2.30. The van der Waals surface area contributed by atoms with Crippen molar-refractivity contribution in [2.24, 2.45) is 0 Å². The average molecular weight is 340 g/mol. The van der Waals surface area contributed by atoms with Crippen LogP contribution in [0.3, 0.4) is 0 Å². The average Bonchev–Trinajstić information content (AvgIpc) is 2.59. The number of rotatable bonds is 5. The number of halogens is 1. The zero-order chi connectivity index (χ0) is 16.7. The van der Waals surface area contributed by atoms with Gasteiger partial charge in [0, 0.05) is 32.7 Å². The Labute approximate surface area is 141 Å². The Morgan fingerprint density at radius 1 is 1.17 bits per heavy atom. The lowest BCUT2D eigenvalue weighted by molar-refractivity contribution is -0.134. The third-order valence-electron chi connectivity index (χ3n) is 3.63. The molecule has 0 unspecified atom stereocenters. The van der Waals surface area contributed by atoms with E-state index in [1.54, 1.807) is 34.1 Å². The lowest BCUT2D eigenvalue weighted by Crippen LogP contribution is -2.54. The monoisotopic (exact) mass is 339 g/mol. The predicted octanol–water partition coefficient (Wildman–Crippen LogP) is 1.98. The van der Waals surface area contributed by atoms with Crippen molar-refractivity contribution in [3.63, 3.8) is 0 Å². The molecule has 3 amide bonds. The molecule has 1 N–H and O–H groups in total. The normalized spacial score (nSPS) is 14.5. The first-order valence-corrected chi connectivity index (χ1v) is 8.17. The Bertz CT molecular complexity index is 545. The largest absolute Gasteiger partial charge is 0.482 e. The first kappa shape index (κ1) is 17.4. The van der Waals surface area contributed by atoms with Crippen LogP contribution in [0.2, 0.25) is 5.02 Å². The molecule has 126 valence electrons. The van der Waals surface area contributed by atoms with Gasteiger partial charge in [-0.1, -0.05) is 30.7 Å². The molecule has 1 aliphatic rings. The summed E-state index contributed by atoms with van der Waals surface area (Å²) in [5.41, 5.74) is 0. The van der Waals surface area contributed by atoms with E-state index in [2.05, 4.69) is 5.32 Å². The molecule has 0 saturated carbocycles. The SMILES string of the molecule is CCCNC(=O)N1CCN(C(=O)COc2ccccc2Cl)CC1. The van der Waals surface area contributed by atoms with E-state index in [1.165, 1.54) is 0 Å².